The average molecular weight is 273 g/mol. The molecule has 0 unspecified atom stereocenters. The molecule has 106 valence electrons. The van der Waals surface area contributed by atoms with E-state index in [-0.39, 0.29) is 11.9 Å². The second kappa shape index (κ2) is 5.77. The first kappa shape index (κ1) is 14.1. The summed E-state index contributed by atoms with van der Waals surface area (Å²) in [5.74, 6) is 0.857. The van der Waals surface area contributed by atoms with Gasteiger partial charge in [0.2, 0.25) is 0 Å². The van der Waals surface area contributed by atoms with E-state index in [1.54, 1.807) is 25.3 Å². The summed E-state index contributed by atoms with van der Waals surface area (Å²) in [5.41, 5.74) is 7.86. The van der Waals surface area contributed by atoms with Crippen molar-refractivity contribution in [2.24, 2.45) is 0 Å². The zero-order valence-corrected chi connectivity index (χ0v) is 12.0. The number of nitrogens with two attached hydrogens (primary N) is 1. The van der Waals surface area contributed by atoms with Gasteiger partial charge in [0.1, 0.15) is 5.82 Å². The van der Waals surface area contributed by atoms with Crippen molar-refractivity contribution in [2.45, 2.75) is 26.7 Å². The standard InChI is InChI=1S/C15H19N3O2/c1-4-20-15(19)11-5-6-13(12(16)9-11)18-8-7-17-14(18)10(2)3/h5-10H,4,16H2,1-3H3. The number of esters is 1. The highest BCUT2D eigenvalue weighted by molar-refractivity contribution is 5.91. The molecule has 0 amide bonds. The highest BCUT2D eigenvalue weighted by Crippen LogP contribution is 2.23. The minimum atomic E-state index is -0.361. The fourth-order valence-corrected chi connectivity index (χ4v) is 2.06. The van der Waals surface area contributed by atoms with Gasteiger partial charge in [-0.1, -0.05) is 13.8 Å². The maximum absolute atomic E-state index is 11.7. The van der Waals surface area contributed by atoms with E-state index in [2.05, 4.69) is 18.8 Å². The number of ether oxygens (including phenoxy) is 1. The molecule has 2 aromatic rings. The number of carbonyl (C=O) groups is 1. The molecule has 0 saturated heterocycles. The number of carbonyl (C=O) groups excluding carboxylic acids is 1. The van der Waals surface area contributed by atoms with Gasteiger partial charge in [0.05, 0.1) is 23.5 Å². The number of imidazole rings is 1. The van der Waals surface area contributed by atoms with Crippen molar-refractivity contribution in [3.8, 4) is 5.69 Å². The molecule has 2 N–H and O–H groups in total. The first-order chi connectivity index (χ1) is 9.54. The third kappa shape index (κ3) is 2.66. The van der Waals surface area contributed by atoms with Crippen molar-refractivity contribution < 1.29 is 9.53 Å². The Morgan fingerprint density at radius 1 is 1.45 bits per heavy atom. The number of nitrogens with zero attached hydrogens (tertiary/aromatic N) is 2. The topological polar surface area (TPSA) is 70.1 Å². The molecular formula is C15H19N3O2. The van der Waals surface area contributed by atoms with Crippen molar-refractivity contribution in [1.29, 1.82) is 0 Å². The number of hydrogen-bond acceptors (Lipinski definition) is 4. The molecule has 0 aliphatic heterocycles. The molecular weight excluding hydrogens is 254 g/mol. The fourth-order valence-electron chi connectivity index (χ4n) is 2.06. The number of benzene rings is 1. The summed E-state index contributed by atoms with van der Waals surface area (Å²) in [6.45, 7) is 6.26. The lowest BCUT2D eigenvalue weighted by molar-refractivity contribution is 0.0526. The van der Waals surface area contributed by atoms with Crippen molar-refractivity contribution >= 4 is 11.7 Å². The minimum absolute atomic E-state index is 0.286. The maximum Gasteiger partial charge on any atom is 0.338 e. The van der Waals surface area contributed by atoms with E-state index in [1.165, 1.54) is 0 Å². The molecule has 0 saturated carbocycles. The van der Waals surface area contributed by atoms with Crippen LogP contribution in [0, 0.1) is 0 Å². The second-order valence-electron chi connectivity index (χ2n) is 4.80. The Hall–Kier alpha value is -2.30. The molecule has 0 spiro atoms. The van der Waals surface area contributed by atoms with Crippen LogP contribution in [-0.2, 0) is 4.74 Å². The molecule has 0 radical (unpaired) electrons. The quantitative estimate of drug-likeness (QED) is 0.687. The summed E-state index contributed by atoms with van der Waals surface area (Å²) >= 11 is 0. The summed E-state index contributed by atoms with van der Waals surface area (Å²) < 4.78 is 6.90. The van der Waals surface area contributed by atoms with Gasteiger partial charge in [-0.15, -0.1) is 0 Å². The highest BCUT2D eigenvalue weighted by Gasteiger charge is 2.13. The van der Waals surface area contributed by atoms with Gasteiger partial charge >= 0.3 is 5.97 Å². The summed E-state index contributed by atoms with van der Waals surface area (Å²) in [4.78, 5) is 16.0. The van der Waals surface area contributed by atoms with Crippen LogP contribution in [0.1, 0.15) is 42.9 Å². The molecule has 2 rings (SSSR count). The lowest BCUT2D eigenvalue weighted by Gasteiger charge is -2.13. The Morgan fingerprint density at radius 3 is 2.80 bits per heavy atom. The summed E-state index contributed by atoms with van der Waals surface area (Å²) in [6, 6.07) is 5.17. The predicted molar refractivity (Wildman–Crippen MR) is 78.0 cm³/mol. The fraction of sp³-hybridized carbons (Fsp3) is 0.333. The Kier molecular flexibility index (Phi) is 4.08. The number of hydrogen-bond donors (Lipinski definition) is 1. The first-order valence-corrected chi connectivity index (χ1v) is 6.64. The van der Waals surface area contributed by atoms with Gasteiger partial charge in [-0.2, -0.15) is 0 Å². The van der Waals surface area contributed by atoms with Crippen molar-refractivity contribution in [1.82, 2.24) is 9.55 Å². The van der Waals surface area contributed by atoms with Crippen LogP contribution >= 0.6 is 0 Å². The lowest BCUT2D eigenvalue weighted by atomic mass is 10.1. The van der Waals surface area contributed by atoms with Gasteiger partial charge in [0, 0.05) is 18.3 Å². The molecule has 0 fully saturated rings. The van der Waals surface area contributed by atoms with Gasteiger partial charge in [0.15, 0.2) is 0 Å². The molecule has 1 aromatic heterocycles. The van der Waals surface area contributed by atoms with Crippen LogP contribution in [0.4, 0.5) is 5.69 Å². The predicted octanol–water partition coefficient (Wildman–Crippen LogP) is 2.75. The Morgan fingerprint density at radius 2 is 2.20 bits per heavy atom. The molecule has 0 bridgehead atoms. The molecule has 5 heteroatoms. The third-order valence-electron chi connectivity index (χ3n) is 2.98. The zero-order chi connectivity index (χ0) is 14.7. The van der Waals surface area contributed by atoms with Gasteiger partial charge in [0.25, 0.3) is 0 Å². The Bertz CT molecular complexity index is 617. The van der Waals surface area contributed by atoms with E-state index in [4.69, 9.17) is 10.5 Å². The van der Waals surface area contributed by atoms with Crippen molar-refractivity contribution in [2.75, 3.05) is 12.3 Å². The zero-order valence-electron chi connectivity index (χ0n) is 12.0. The smallest absolute Gasteiger partial charge is 0.338 e. The molecule has 20 heavy (non-hydrogen) atoms. The average Bonchev–Trinajstić information content (AvgIpc) is 2.88. The first-order valence-electron chi connectivity index (χ1n) is 6.64. The van der Waals surface area contributed by atoms with E-state index in [9.17, 15) is 4.79 Å². The van der Waals surface area contributed by atoms with Crippen molar-refractivity contribution in [3.63, 3.8) is 0 Å². The maximum atomic E-state index is 11.7. The largest absolute Gasteiger partial charge is 0.462 e. The summed E-state index contributed by atoms with van der Waals surface area (Å²) in [6.07, 6.45) is 3.61. The summed E-state index contributed by atoms with van der Waals surface area (Å²) in [7, 11) is 0. The Labute approximate surface area is 118 Å². The van der Waals surface area contributed by atoms with Crippen LogP contribution in [0.3, 0.4) is 0 Å². The number of nitrogen functional groups attached to an aromatic ring is 1. The van der Waals surface area contributed by atoms with E-state index in [1.807, 2.05) is 16.8 Å². The van der Waals surface area contributed by atoms with E-state index >= 15 is 0 Å². The number of aromatic nitrogens is 2. The number of rotatable bonds is 4. The van der Waals surface area contributed by atoms with Crippen LogP contribution in [0.25, 0.3) is 5.69 Å². The van der Waals surface area contributed by atoms with Crippen LogP contribution in [-0.4, -0.2) is 22.1 Å². The van der Waals surface area contributed by atoms with Crippen molar-refractivity contribution in [3.05, 3.63) is 42.0 Å². The van der Waals surface area contributed by atoms with Gasteiger partial charge < -0.3 is 15.0 Å². The van der Waals surface area contributed by atoms with Crippen LogP contribution in [0.2, 0.25) is 0 Å². The third-order valence-corrected chi connectivity index (χ3v) is 2.98. The molecule has 5 nitrogen and oxygen atoms in total. The molecule has 1 aromatic carbocycles. The van der Waals surface area contributed by atoms with Crippen LogP contribution in [0.5, 0.6) is 0 Å². The molecule has 0 atom stereocenters. The second-order valence-corrected chi connectivity index (χ2v) is 4.80. The van der Waals surface area contributed by atoms with Gasteiger partial charge in [-0.25, -0.2) is 9.78 Å². The number of anilines is 1. The van der Waals surface area contributed by atoms with Gasteiger partial charge in [-0.3, -0.25) is 0 Å². The van der Waals surface area contributed by atoms with Crippen LogP contribution < -0.4 is 5.73 Å². The van der Waals surface area contributed by atoms with E-state index in [0.717, 1.165) is 11.5 Å². The molecule has 1 heterocycles. The van der Waals surface area contributed by atoms with E-state index in [0.29, 0.717) is 17.9 Å². The van der Waals surface area contributed by atoms with Gasteiger partial charge in [-0.05, 0) is 25.1 Å². The molecule has 0 aliphatic carbocycles. The normalized spacial score (nSPS) is 10.8. The SMILES string of the molecule is CCOC(=O)c1ccc(-n2ccnc2C(C)C)c(N)c1. The highest BCUT2D eigenvalue weighted by atomic mass is 16.5. The van der Waals surface area contributed by atoms with Crippen LogP contribution in [0.15, 0.2) is 30.6 Å². The monoisotopic (exact) mass is 273 g/mol. The molecule has 0 aliphatic rings. The lowest BCUT2D eigenvalue weighted by Crippen LogP contribution is -2.08. The van der Waals surface area contributed by atoms with E-state index < -0.39 is 0 Å². The minimum Gasteiger partial charge on any atom is -0.462 e. The Balaban J connectivity index is 2.39. The summed E-state index contributed by atoms with van der Waals surface area (Å²) in [5, 5.41) is 0.